The summed E-state index contributed by atoms with van der Waals surface area (Å²) in [5, 5.41) is 0. The molecule has 0 bridgehead atoms. The number of halogens is 4. The van der Waals surface area contributed by atoms with Gasteiger partial charge in [-0.2, -0.15) is 13.2 Å². The summed E-state index contributed by atoms with van der Waals surface area (Å²) < 4.78 is 52.6. The van der Waals surface area contributed by atoms with E-state index in [1.807, 2.05) is 0 Å². The fourth-order valence-corrected chi connectivity index (χ4v) is 8.46. The SMILES string of the molecule is CC12CCC3C(CCC4CC(C(F)(F)F)CCC43C)C1CCC2CCCF. The Bertz CT molecular complexity index is 543. The van der Waals surface area contributed by atoms with Crippen molar-refractivity contribution in [2.45, 2.75) is 90.7 Å². The lowest BCUT2D eigenvalue weighted by molar-refractivity contribution is -0.208. The number of fused-ring (bicyclic) bond motifs is 5. The monoisotopic (exact) mass is 388 g/mol. The van der Waals surface area contributed by atoms with Crippen molar-refractivity contribution in [1.29, 1.82) is 0 Å². The molecule has 4 aliphatic rings. The number of hydrogen-bond acceptors (Lipinski definition) is 0. The maximum atomic E-state index is 13.3. The summed E-state index contributed by atoms with van der Waals surface area (Å²) >= 11 is 0. The summed E-state index contributed by atoms with van der Waals surface area (Å²) in [7, 11) is 0. The molecular formula is C23H36F4. The van der Waals surface area contributed by atoms with Crippen LogP contribution < -0.4 is 0 Å². The average Bonchev–Trinajstić information content (AvgIpc) is 2.94. The van der Waals surface area contributed by atoms with E-state index in [0.717, 1.165) is 31.6 Å². The van der Waals surface area contributed by atoms with Gasteiger partial charge in [0, 0.05) is 0 Å². The Kier molecular flexibility index (Phi) is 5.12. The van der Waals surface area contributed by atoms with E-state index in [0.29, 0.717) is 42.4 Å². The summed E-state index contributed by atoms with van der Waals surface area (Å²) in [5.74, 6) is 1.88. The predicted molar refractivity (Wildman–Crippen MR) is 100.0 cm³/mol. The molecule has 0 aromatic rings. The zero-order valence-corrected chi connectivity index (χ0v) is 17.0. The summed E-state index contributed by atoms with van der Waals surface area (Å²) in [6, 6.07) is 0. The Labute approximate surface area is 161 Å². The highest BCUT2D eigenvalue weighted by atomic mass is 19.4. The lowest BCUT2D eigenvalue weighted by atomic mass is 9.44. The van der Waals surface area contributed by atoms with Crippen LogP contribution >= 0.6 is 0 Å². The Morgan fingerprint density at radius 3 is 2.26 bits per heavy atom. The third kappa shape index (κ3) is 3.16. The van der Waals surface area contributed by atoms with Gasteiger partial charge in [0.25, 0.3) is 0 Å². The van der Waals surface area contributed by atoms with Crippen LogP contribution in [0.2, 0.25) is 0 Å². The largest absolute Gasteiger partial charge is 0.391 e. The van der Waals surface area contributed by atoms with Gasteiger partial charge in [-0.25, -0.2) is 0 Å². The Morgan fingerprint density at radius 1 is 0.852 bits per heavy atom. The third-order valence-corrected chi connectivity index (χ3v) is 10.0. The van der Waals surface area contributed by atoms with Crippen LogP contribution in [0.1, 0.15) is 84.5 Å². The molecule has 4 saturated carbocycles. The van der Waals surface area contributed by atoms with Gasteiger partial charge in [-0.15, -0.1) is 0 Å². The molecule has 0 aliphatic heterocycles. The van der Waals surface area contributed by atoms with Crippen LogP contribution in [0.5, 0.6) is 0 Å². The topological polar surface area (TPSA) is 0 Å². The Hall–Kier alpha value is -0.280. The van der Waals surface area contributed by atoms with E-state index in [4.69, 9.17) is 0 Å². The quantitative estimate of drug-likeness (QED) is 0.437. The second kappa shape index (κ2) is 6.90. The molecule has 0 spiro atoms. The lowest BCUT2D eigenvalue weighted by Gasteiger charge is -2.61. The standard InChI is InChI=1S/C23H36F4/c1-21-12-10-20-18(19(21)8-6-15(21)4-3-13-24)7-5-16-14-17(23(25,26)27)9-11-22(16,20)2/h15-20H,3-14H2,1-2H3. The first-order chi connectivity index (χ1) is 12.7. The van der Waals surface area contributed by atoms with Gasteiger partial charge in [-0.3, -0.25) is 4.39 Å². The molecule has 0 radical (unpaired) electrons. The molecule has 0 amide bonds. The van der Waals surface area contributed by atoms with Crippen molar-refractivity contribution >= 4 is 0 Å². The molecule has 27 heavy (non-hydrogen) atoms. The molecule has 4 heteroatoms. The highest BCUT2D eigenvalue weighted by molar-refractivity contribution is 5.09. The molecule has 0 saturated heterocycles. The van der Waals surface area contributed by atoms with Crippen molar-refractivity contribution in [3.05, 3.63) is 0 Å². The van der Waals surface area contributed by atoms with Gasteiger partial charge in [0.05, 0.1) is 12.6 Å². The van der Waals surface area contributed by atoms with Crippen LogP contribution in [0.15, 0.2) is 0 Å². The maximum Gasteiger partial charge on any atom is 0.391 e. The summed E-state index contributed by atoms with van der Waals surface area (Å²) in [6.45, 7) is 4.58. The molecule has 8 atom stereocenters. The molecule has 4 aliphatic carbocycles. The van der Waals surface area contributed by atoms with E-state index in [1.165, 1.54) is 25.7 Å². The van der Waals surface area contributed by atoms with E-state index in [2.05, 4.69) is 13.8 Å². The number of hydrogen-bond donors (Lipinski definition) is 0. The van der Waals surface area contributed by atoms with Gasteiger partial charge >= 0.3 is 6.18 Å². The fraction of sp³-hybridized carbons (Fsp3) is 1.00. The molecule has 0 nitrogen and oxygen atoms in total. The zero-order chi connectivity index (χ0) is 19.4. The van der Waals surface area contributed by atoms with Crippen molar-refractivity contribution in [3.8, 4) is 0 Å². The molecule has 4 fully saturated rings. The highest BCUT2D eigenvalue weighted by Crippen LogP contribution is 2.68. The zero-order valence-electron chi connectivity index (χ0n) is 17.0. The van der Waals surface area contributed by atoms with Gasteiger partial charge in [0.15, 0.2) is 0 Å². The van der Waals surface area contributed by atoms with E-state index >= 15 is 0 Å². The summed E-state index contributed by atoms with van der Waals surface area (Å²) in [5.41, 5.74) is 0.464. The highest BCUT2D eigenvalue weighted by Gasteiger charge is 2.61. The van der Waals surface area contributed by atoms with Crippen LogP contribution in [0, 0.1) is 46.3 Å². The van der Waals surface area contributed by atoms with E-state index in [1.54, 1.807) is 0 Å². The first kappa shape index (κ1) is 20.0. The third-order valence-electron chi connectivity index (χ3n) is 10.0. The van der Waals surface area contributed by atoms with Crippen molar-refractivity contribution in [3.63, 3.8) is 0 Å². The summed E-state index contributed by atoms with van der Waals surface area (Å²) in [6.07, 6.45) is 6.18. The molecule has 0 heterocycles. The molecule has 0 aromatic carbocycles. The average molecular weight is 389 g/mol. The molecule has 156 valence electrons. The number of alkyl halides is 4. The van der Waals surface area contributed by atoms with E-state index in [9.17, 15) is 17.6 Å². The molecular weight excluding hydrogens is 352 g/mol. The van der Waals surface area contributed by atoms with Crippen molar-refractivity contribution in [2.24, 2.45) is 46.3 Å². The van der Waals surface area contributed by atoms with E-state index in [-0.39, 0.29) is 18.0 Å². The molecule has 4 rings (SSSR count). The second-order valence-electron chi connectivity index (χ2n) is 10.8. The Morgan fingerprint density at radius 2 is 1.56 bits per heavy atom. The van der Waals surface area contributed by atoms with Gasteiger partial charge < -0.3 is 0 Å². The maximum absolute atomic E-state index is 13.3. The van der Waals surface area contributed by atoms with Crippen molar-refractivity contribution in [2.75, 3.05) is 6.67 Å². The minimum absolute atomic E-state index is 0.114. The van der Waals surface area contributed by atoms with E-state index < -0.39 is 12.1 Å². The van der Waals surface area contributed by atoms with Gasteiger partial charge in [-0.05, 0) is 111 Å². The molecule has 0 aromatic heterocycles. The van der Waals surface area contributed by atoms with Gasteiger partial charge in [0.2, 0.25) is 0 Å². The first-order valence-corrected chi connectivity index (χ1v) is 11.3. The number of rotatable bonds is 3. The van der Waals surface area contributed by atoms with Crippen LogP contribution in [0.3, 0.4) is 0 Å². The van der Waals surface area contributed by atoms with Crippen LogP contribution in [0.25, 0.3) is 0 Å². The lowest BCUT2D eigenvalue weighted by Crippen LogP contribution is -2.54. The van der Waals surface area contributed by atoms with Crippen LogP contribution in [0.4, 0.5) is 17.6 Å². The predicted octanol–water partition coefficient (Wildman–Crippen LogP) is 7.57. The normalized spacial score (nSPS) is 50.0. The van der Waals surface area contributed by atoms with Crippen LogP contribution in [-0.2, 0) is 0 Å². The van der Waals surface area contributed by atoms with Gasteiger partial charge in [-0.1, -0.05) is 13.8 Å². The summed E-state index contributed by atoms with van der Waals surface area (Å²) in [4.78, 5) is 0. The molecule has 8 unspecified atom stereocenters. The Balaban J connectivity index is 1.51. The van der Waals surface area contributed by atoms with Crippen molar-refractivity contribution in [1.82, 2.24) is 0 Å². The minimum atomic E-state index is -4.02. The van der Waals surface area contributed by atoms with Crippen LogP contribution in [-0.4, -0.2) is 12.9 Å². The second-order valence-corrected chi connectivity index (χ2v) is 10.8. The van der Waals surface area contributed by atoms with Crippen molar-refractivity contribution < 1.29 is 17.6 Å². The smallest absolute Gasteiger partial charge is 0.251 e. The minimum Gasteiger partial charge on any atom is -0.251 e. The molecule has 0 N–H and O–H groups in total. The van der Waals surface area contributed by atoms with Gasteiger partial charge in [0.1, 0.15) is 0 Å². The first-order valence-electron chi connectivity index (χ1n) is 11.3. The fourth-order valence-electron chi connectivity index (χ4n) is 8.46.